The number of hydrazine groups is 1. The Morgan fingerprint density at radius 1 is 1.33 bits per heavy atom. The normalized spacial score (nSPS) is 15.4. The highest BCUT2D eigenvalue weighted by atomic mass is 15.3. The van der Waals surface area contributed by atoms with Crippen molar-refractivity contribution in [1.29, 1.82) is 0 Å². The molecule has 0 radical (unpaired) electrons. The molecule has 2 atom stereocenters. The number of rotatable bonds is 9. The molecule has 0 aliphatic heterocycles. The van der Waals surface area contributed by atoms with Gasteiger partial charge in [0.1, 0.15) is 0 Å². The van der Waals surface area contributed by atoms with E-state index in [9.17, 15) is 0 Å². The second kappa shape index (κ2) is 7.92. The van der Waals surface area contributed by atoms with Crippen molar-refractivity contribution in [3.05, 3.63) is 18.0 Å². The minimum Gasteiger partial charge on any atom is -0.302 e. The third-order valence-electron chi connectivity index (χ3n) is 5.08. The lowest BCUT2D eigenvalue weighted by Gasteiger charge is -2.44. The Balaban J connectivity index is 2.93. The zero-order chi connectivity index (χ0) is 16.0. The molecule has 5 heteroatoms. The lowest BCUT2D eigenvalue weighted by molar-refractivity contribution is 0.0877. The number of nitrogens with one attached hydrogen (secondary N) is 1. The zero-order valence-corrected chi connectivity index (χ0v) is 14.6. The minimum absolute atomic E-state index is 0.0505. The van der Waals surface area contributed by atoms with Gasteiger partial charge in [-0.2, -0.15) is 5.10 Å². The van der Waals surface area contributed by atoms with Crippen molar-refractivity contribution in [2.75, 3.05) is 14.1 Å². The van der Waals surface area contributed by atoms with E-state index in [-0.39, 0.29) is 11.6 Å². The van der Waals surface area contributed by atoms with Crippen molar-refractivity contribution in [3.63, 3.8) is 0 Å². The summed E-state index contributed by atoms with van der Waals surface area (Å²) < 4.78 is 2.05. The van der Waals surface area contributed by atoms with Crippen LogP contribution in [0, 0.1) is 0 Å². The highest BCUT2D eigenvalue weighted by Gasteiger charge is 2.37. The first-order chi connectivity index (χ1) is 9.94. The van der Waals surface area contributed by atoms with Crippen LogP contribution in [0.1, 0.15) is 58.7 Å². The van der Waals surface area contributed by atoms with Gasteiger partial charge < -0.3 is 4.90 Å². The highest BCUT2D eigenvalue weighted by Crippen LogP contribution is 2.27. The van der Waals surface area contributed by atoms with Crippen LogP contribution < -0.4 is 11.3 Å². The molecule has 1 aromatic rings. The number of nitrogens with two attached hydrogens (primary N) is 1. The van der Waals surface area contributed by atoms with Gasteiger partial charge in [0.2, 0.25) is 0 Å². The molecule has 0 aliphatic carbocycles. The maximum Gasteiger partial charge on any atom is 0.0641 e. The van der Waals surface area contributed by atoms with E-state index in [1.54, 1.807) is 0 Å². The van der Waals surface area contributed by atoms with Gasteiger partial charge in [-0.3, -0.25) is 16.0 Å². The molecular formula is C16H33N5. The molecule has 122 valence electrons. The molecule has 0 saturated carbocycles. The Morgan fingerprint density at radius 2 is 1.95 bits per heavy atom. The first-order valence-corrected chi connectivity index (χ1v) is 8.12. The maximum absolute atomic E-state index is 5.88. The third-order valence-corrected chi connectivity index (χ3v) is 5.08. The summed E-state index contributed by atoms with van der Waals surface area (Å²) in [6, 6.07) is 2.74. The summed E-state index contributed by atoms with van der Waals surface area (Å²) >= 11 is 0. The quantitative estimate of drug-likeness (QED) is 0.542. The Labute approximate surface area is 129 Å². The first kappa shape index (κ1) is 18.1. The van der Waals surface area contributed by atoms with Crippen molar-refractivity contribution in [2.45, 2.75) is 71.0 Å². The van der Waals surface area contributed by atoms with E-state index in [0.717, 1.165) is 31.4 Å². The molecule has 1 aromatic heterocycles. The summed E-state index contributed by atoms with van der Waals surface area (Å²) in [5, 5.41) is 4.71. The molecule has 0 fully saturated rings. The predicted molar refractivity (Wildman–Crippen MR) is 89.0 cm³/mol. The van der Waals surface area contributed by atoms with Gasteiger partial charge in [-0.15, -0.1) is 0 Å². The van der Waals surface area contributed by atoms with E-state index in [1.165, 1.54) is 0 Å². The van der Waals surface area contributed by atoms with E-state index in [4.69, 9.17) is 10.9 Å². The summed E-state index contributed by atoms with van der Waals surface area (Å²) in [5.74, 6) is 5.88. The lowest BCUT2D eigenvalue weighted by Crippen LogP contribution is -2.61. The summed E-state index contributed by atoms with van der Waals surface area (Å²) in [5.41, 5.74) is 4.19. The number of aromatic nitrogens is 2. The van der Waals surface area contributed by atoms with Crippen LogP contribution in [0.15, 0.2) is 12.3 Å². The van der Waals surface area contributed by atoms with Crippen LogP contribution >= 0.6 is 0 Å². The smallest absolute Gasteiger partial charge is 0.0641 e. The van der Waals surface area contributed by atoms with Crippen molar-refractivity contribution in [3.8, 4) is 0 Å². The van der Waals surface area contributed by atoms with Gasteiger partial charge in [-0.1, -0.05) is 20.8 Å². The second-order valence-corrected chi connectivity index (χ2v) is 6.17. The minimum atomic E-state index is 0.0505. The molecule has 21 heavy (non-hydrogen) atoms. The fraction of sp³-hybridized carbons (Fsp3) is 0.812. The SMILES string of the molecule is CCC(C)n1ccc(CC(NN)C(CC)(CC)N(C)C)n1. The molecule has 0 aliphatic rings. The number of hydrogen-bond donors (Lipinski definition) is 2. The van der Waals surface area contributed by atoms with Crippen LogP contribution in [0.3, 0.4) is 0 Å². The van der Waals surface area contributed by atoms with Gasteiger partial charge >= 0.3 is 0 Å². The molecule has 0 aromatic carbocycles. The molecule has 3 N–H and O–H groups in total. The number of hydrogen-bond acceptors (Lipinski definition) is 4. The maximum atomic E-state index is 5.88. The summed E-state index contributed by atoms with van der Waals surface area (Å²) in [6.07, 6.45) is 6.12. The Bertz CT molecular complexity index is 409. The van der Waals surface area contributed by atoms with Crippen molar-refractivity contribution in [1.82, 2.24) is 20.1 Å². The van der Waals surface area contributed by atoms with Gasteiger partial charge in [-0.05, 0) is 46.3 Å². The van der Waals surface area contributed by atoms with Crippen LogP contribution in [0.4, 0.5) is 0 Å². The molecule has 1 rings (SSSR count). The second-order valence-electron chi connectivity index (χ2n) is 6.17. The van der Waals surface area contributed by atoms with Crippen LogP contribution in [0.5, 0.6) is 0 Å². The zero-order valence-electron chi connectivity index (χ0n) is 14.6. The van der Waals surface area contributed by atoms with Gasteiger partial charge in [0, 0.05) is 30.2 Å². The van der Waals surface area contributed by atoms with Crippen LogP contribution in [0.25, 0.3) is 0 Å². The third kappa shape index (κ3) is 3.84. The first-order valence-electron chi connectivity index (χ1n) is 8.12. The summed E-state index contributed by atoms with van der Waals surface area (Å²) in [7, 11) is 4.27. The van der Waals surface area contributed by atoms with E-state index in [1.807, 2.05) is 0 Å². The summed E-state index contributed by atoms with van der Waals surface area (Å²) in [4.78, 5) is 2.29. The van der Waals surface area contributed by atoms with E-state index in [2.05, 4.69) is 69.1 Å². The van der Waals surface area contributed by atoms with Crippen LogP contribution in [-0.4, -0.2) is 40.4 Å². The average Bonchev–Trinajstić information content (AvgIpc) is 2.95. The summed E-state index contributed by atoms with van der Waals surface area (Å²) in [6.45, 7) is 8.83. The number of nitrogens with zero attached hydrogens (tertiary/aromatic N) is 3. The standard InChI is InChI=1S/C16H33N5/c1-7-13(4)21-11-10-14(19-21)12-15(18-17)16(8-2,9-3)20(5)6/h10-11,13,15,18H,7-9,12,17H2,1-6H3. The Hall–Kier alpha value is -0.910. The van der Waals surface area contributed by atoms with E-state index in [0.29, 0.717) is 6.04 Å². The van der Waals surface area contributed by atoms with E-state index >= 15 is 0 Å². The average molecular weight is 295 g/mol. The molecule has 0 saturated heterocycles. The number of likely N-dealkylation sites (N-methyl/N-ethyl adjacent to an activating group) is 1. The lowest BCUT2D eigenvalue weighted by atomic mass is 9.81. The fourth-order valence-electron chi connectivity index (χ4n) is 3.22. The Morgan fingerprint density at radius 3 is 2.38 bits per heavy atom. The van der Waals surface area contributed by atoms with Crippen molar-refractivity contribution < 1.29 is 0 Å². The highest BCUT2D eigenvalue weighted by molar-refractivity contribution is 5.07. The topological polar surface area (TPSA) is 59.1 Å². The largest absolute Gasteiger partial charge is 0.302 e. The van der Waals surface area contributed by atoms with Gasteiger partial charge in [0.25, 0.3) is 0 Å². The fourth-order valence-corrected chi connectivity index (χ4v) is 3.22. The molecule has 5 nitrogen and oxygen atoms in total. The van der Waals surface area contributed by atoms with Gasteiger partial charge in [-0.25, -0.2) is 0 Å². The van der Waals surface area contributed by atoms with Gasteiger partial charge in [0.05, 0.1) is 5.69 Å². The molecule has 0 spiro atoms. The van der Waals surface area contributed by atoms with Crippen molar-refractivity contribution in [2.24, 2.45) is 5.84 Å². The molecular weight excluding hydrogens is 262 g/mol. The molecule has 2 unspecified atom stereocenters. The molecule has 0 amide bonds. The van der Waals surface area contributed by atoms with Crippen molar-refractivity contribution >= 4 is 0 Å². The molecule has 0 bridgehead atoms. The van der Waals surface area contributed by atoms with Crippen LogP contribution in [-0.2, 0) is 6.42 Å². The Kier molecular flexibility index (Phi) is 6.84. The van der Waals surface area contributed by atoms with Gasteiger partial charge in [0.15, 0.2) is 0 Å². The monoisotopic (exact) mass is 295 g/mol. The predicted octanol–water partition coefficient (Wildman–Crippen LogP) is 2.35. The van der Waals surface area contributed by atoms with Crippen LogP contribution in [0.2, 0.25) is 0 Å². The molecule has 1 heterocycles. The van der Waals surface area contributed by atoms with E-state index < -0.39 is 0 Å².